The second-order valence-corrected chi connectivity index (χ2v) is 19.3. The standard InChI is InChI=1S/C45H67N11O12S/c1-27(2)23-33(43(64)52-30(40(49)61)20-22-69(4,67)68)51-39(60)26-56(3)45(66)35(25-29-13-9-6-10-14-29)55-44(65)34(24-28-11-7-5-8-12-28)54-42(63)32(16-18-37(48)58)53-41(62)31(15-17-36(47)57)50-38(59)19-21-46/h5-14,27,30-35H,15-26,46H2,1-4H3,(H2,47,57)(H2,48,58)(H2,49,61)(H,50,59)(H,51,60)(H,52,64)(H,53,62)(H,54,63)(H,55,65). The summed E-state index contributed by atoms with van der Waals surface area (Å²) in [7, 11) is -2.22. The average Bonchev–Trinajstić information content (AvgIpc) is 3.26. The summed E-state index contributed by atoms with van der Waals surface area (Å²) in [5, 5.41) is 15.2. The molecule has 0 fully saturated rings. The first-order chi connectivity index (χ1) is 32.4. The zero-order valence-electron chi connectivity index (χ0n) is 39.4. The Morgan fingerprint density at radius 2 is 0.971 bits per heavy atom. The fourth-order valence-electron chi connectivity index (χ4n) is 6.83. The van der Waals surface area contributed by atoms with Crippen LogP contribution in [0.3, 0.4) is 0 Å². The number of hydrogen-bond donors (Lipinski definition) is 10. The van der Waals surface area contributed by atoms with Crippen molar-refractivity contribution in [1.82, 2.24) is 36.8 Å². The Labute approximate surface area is 401 Å². The monoisotopic (exact) mass is 985 g/mol. The van der Waals surface area contributed by atoms with E-state index in [9.17, 15) is 56.4 Å². The van der Waals surface area contributed by atoms with Crippen LogP contribution in [0.15, 0.2) is 60.7 Å². The zero-order chi connectivity index (χ0) is 51.8. The molecule has 14 N–H and O–H groups in total. The number of rotatable bonds is 31. The van der Waals surface area contributed by atoms with Crippen LogP contribution in [-0.4, -0.2) is 141 Å². The number of likely N-dealkylation sites (N-methyl/N-ethyl adjacent to an activating group) is 1. The van der Waals surface area contributed by atoms with Crippen molar-refractivity contribution in [1.29, 1.82) is 0 Å². The van der Waals surface area contributed by atoms with E-state index in [0.717, 1.165) is 11.2 Å². The number of hydrogen-bond acceptors (Lipinski definition) is 13. The van der Waals surface area contributed by atoms with Gasteiger partial charge in [-0.05, 0) is 42.7 Å². The van der Waals surface area contributed by atoms with Crippen LogP contribution in [0.2, 0.25) is 0 Å². The summed E-state index contributed by atoms with van der Waals surface area (Å²) in [6.45, 7) is 2.88. The van der Waals surface area contributed by atoms with Gasteiger partial charge in [-0.2, -0.15) is 0 Å². The number of carbonyl (C=O) groups excluding carboxylic acids is 10. The molecule has 2 rings (SSSR count). The Kier molecular flexibility index (Phi) is 24.5. The van der Waals surface area contributed by atoms with Gasteiger partial charge in [-0.25, -0.2) is 8.42 Å². The summed E-state index contributed by atoms with van der Waals surface area (Å²) in [4.78, 5) is 132. The molecule has 23 nitrogen and oxygen atoms in total. The lowest BCUT2D eigenvalue weighted by molar-refractivity contribution is -0.139. The molecule has 2 aromatic rings. The zero-order valence-corrected chi connectivity index (χ0v) is 40.2. The summed E-state index contributed by atoms with van der Waals surface area (Å²) >= 11 is 0. The van der Waals surface area contributed by atoms with E-state index in [0.29, 0.717) is 11.1 Å². The van der Waals surface area contributed by atoms with Crippen molar-refractivity contribution < 1.29 is 56.4 Å². The number of primary amides is 3. The third kappa shape index (κ3) is 23.1. The maximum atomic E-state index is 14.4. The summed E-state index contributed by atoms with van der Waals surface area (Å²) in [5.74, 6) is -8.86. The normalized spacial score (nSPS) is 13.8. The maximum Gasteiger partial charge on any atom is 0.245 e. The molecule has 2 aromatic carbocycles. The molecule has 0 saturated heterocycles. The molecule has 0 bridgehead atoms. The van der Waals surface area contributed by atoms with E-state index < -0.39 is 124 Å². The van der Waals surface area contributed by atoms with Gasteiger partial charge in [-0.15, -0.1) is 0 Å². The van der Waals surface area contributed by atoms with Gasteiger partial charge in [0.2, 0.25) is 59.1 Å². The minimum absolute atomic E-state index is 0.0487. The Morgan fingerprint density at radius 3 is 1.43 bits per heavy atom. The largest absolute Gasteiger partial charge is 0.370 e. The highest BCUT2D eigenvalue weighted by Crippen LogP contribution is 2.12. The number of carbonyl (C=O) groups is 10. The van der Waals surface area contributed by atoms with Crippen LogP contribution in [0, 0.1) is 5.92 Å². The Bertz CT molecular complexity index is 2210. The average molecular weight is 986 g/mol. The van der Waals surface area contributed by atoms with Crippen molar-refractivity contribution >= 4 is 68.9 Å². The van der Waals surface area contributed by atoms with Crippen molar-refractivity contribution in [3.05, 3.63) is 71.8 Å². The lowest BCUT2D eigenvalue weighted by atomic mass is 10.0. The van der Waals surface area contributed by atoms with Crippen LogP contribution in [0.4, 0.5) is 0 Å². The molecule has 0 aliphatic carbocycles. The van der Waals surface area contributed by atoms with Crippen molar-refractivity contribution in [2.45, 2.75) is 108 Å². The minimum Gasteiger partial charge on any atom is -0.370 e. The number of nitrogens with two attached hydrogens (primary N) is 4. The number of nitrogens with one attached hydrogen (secondary N) is 6. The third-order valence-corrected chi connectivity index (χ3v) is 11.4. The van der Waals surface area contributed by atoms with Crippen LogP contribution in [-0.2, 0) is 70.6 Å². The second-order valence-electron chi connectivity index (χ2n) is 17.1. The van der Waals surface area contributed by atoms with E-state index in [1.54, 1.807) is 74.5 Å². The van der Waals surface area contributed by atoms with Gasteiger partial charge < -0.3 is 59.7 Å². The minimum atomic E-state index is -3.51. The van der Waals surface area contributed by atoms with Gasteiger partial charge >= 0.3 is 0 Å². The first-order valence-corrected chi connectivity index (χ1v) is 24.3. The molecule has 0 aliphatic heterocycles. The first-order valence-electron chi connectivity index (χ1n) is 22.3. The molecule has 0 aliphatic rings. The van der Waals surface area contributed by atoms with Crippen molar-refractivity contribution in [2.75, 3.05) is 32.1 Å². The topological polar surface area (TPSA) is 384 Å². The predicted molar refractivity (Wildman–Crippen MR) is 253 cm³/mol. The Balaban J connectivity index is 2.45. The summed E-state index contributed by atoms with van der Waals surface area (Å²) in [6, 6.07) is 8.81. The smallest absolute Gasteiger partial charge is 0.245 e. The molecule has 10 amide bonds. The lowest BCUT2D eigenvalue weighted by Gasteiger charge is -2.28. The highest BCUT2D eigenvalue weighted by molar-refractivity contribution is 7.90. The molecule has 24 heteroatoms. The molecule has 6 atom stereocenters. The van der Waals surface area contributed by atoms with E-state index in [4.69, 9.17) is 22.9 Å². The van der Waals surface area contributed by atoms with E-state index in [-0.39, 0.29) is 63.8 Å². The summed E-state index contributed by atoms with van der Waals surface area (Å²) in [5.41, 5.74) is 22.7. The van der Waals surface area contributed by atoms with Crippen molar-refractivity contribution in [3.8, 4) is 0 Å². The quantitative estimate of drug-likeness (QED) is 0.0354. The highest BCUT2D eigenvalue weighted by Gasteiger charge is 2.34. The van der Waals surface area contributed by atoms with Crippen molar-refractivity contribution in [3.63, 3.8) is 0 Å². The fraction of sp³-hybridized carbons (Fsp3) is 0.511. The highest BCUT2D eigenvalue weighted by atomic mass is 32.2. The SMILES string of the molecule is CC(C)CC(NC(=O)CN(C)C(=O)C(Cc1ccccc1)NC(=O)C(Cc1ccccc1)NC(=O)C(CCC(N)=O)NC(=O)C(CCC(N)=O)NC(=O)CCN)C(=O)NC(CCS(C)(=O)=O)C(N)=O. The number of sulfone groups is 1. The number of amides is 10. The molecule has 380 valence electrons. The van der Waals surface area contributed by atoms with Gasteiger partial charge in [0.1, 0.15) is 46.1 Å². The first kappa shape index (κ1) is 58.2. The maximum absolute atomic E-state index is 14.4. The van der Waals surface area contributed by atoms with Crippen LogP contribution >= 0.6 is 0 Å². The summed E-state index contributed by atoms with van der Waals surface area (Å²) < 4.78 is 23.5. The molecular weight excluding hydrogens is 919 g/mol. The lowest BCUT2D eigenvalue weighted by Crippen LogP contribution is -2.59. The van der Waals surface area contributed by atoms with Crippen LogP contribution < -0.4 is 54.8 Å². The van der Waals surface area contributed by atoms with E-state index in [1.807, 2.05) is 0 Å². The number of benzene rings is 2. The van der Waals surface area contributed by atoms with Gasteiger partial charge in [-0.3, -0.25) is 47.9 Å². The van der Waals surface area contributed by atoms with E-state index in [2.05, 4.69) is 31.9 Å². The van der Waals surface area contributed by atoms with Crippen LogP contribution in [0.25, 0.3) is 0 Å². The van der Waals surface area contributed by atoms with Crippen LogP contribution in [0.1, 0.15) is 69.9 Å². The summed E-state index contributed by atoms with van der Waals surface area (Å²) in [6.07, 6.45) is -0.936. The molecule has 0 radical (unpaired) electrons. The second kappa shape index (κ2) is 29.1. The molecule has 0 spiro atoms. The van der Waals surface area contributed by atoms with E-state index >= 15 is 0 Å². The number of nitrogens with zero attached hydrogens (tertiary/aromatic N) is 1. The molecular formula is C45H67N11O12S. The fourth-order valence-corrected chi connectivity index (χ4v) is 7.49. The third-order valence-electron chi connectivity index (χ3n) is 10.4. The van der Waals surface area contributed by atoms with Gasteiger partial charge in [0, 0.05) is 52.0 Å². The molecule has 0 aromatic heterocycles. The van der Waals surface area contributed by atoms with Crippen LogP contribution in [0.5, 0.6) is 0 Å². The molecule has 69 heavy (non-hydrogen) atoms. The molecule has 6 unspecified atom stereocenters. The van der Waals surface area contributed by atoms with Gasteiger partial charge in [0.25, 0.3) is 0 Å². The Hall–Kier alpha value is -6.95. The Morgan fingerprint density at radius 1 is 0.551 bits per heavy atom. The van der Waals surface area contributed by atoms with Gasteiger partial charge in [0.15, 0.2) is 0 Å². The van der Waals surface area contributed by atoms with Crippen molar-refractivity contribution in [2.24, 2.45) is 28.9 Å². The molecule has 0 heterocycles. The predicted octanol–water partition coefficient (Wildman–Crippen LogP) is -3.32. The van der Waals surface area contributed by atoms with E-state index in [1.165, 1.54) is 7.05 Å². The molecule has 0 saturated carbocycles. The van der Waals surface area contributed by atoms with Gasteiger partial charge in [-0.1, -0.05) is 74.5 Å². The van der Waals surface area contributed by atoms with Gasteiger partial charge in [0.05, 0.1) is 12.3 Å².